The molecular formula is C20H20O2. The summed E-state index contributed by atoms with van der Waals surface area (Å²) in [6.45, 7) is 3.63. The SMILES string of the molecule is COc1ccc2cc(-c3ccccc3C(C)(C)O)ccc2c1. The fourth-order valence-corrected chi connectivity index (χ4v) is 2.79. The van der Waals surface area contributed by atoms with Crippen LogP contribution in [0.1, 0.15) is 19.4 Å². The lowest BCUT2D eigenvalue weighted by molar-refractivity contribution is 0.0792. The lowest BCUT2D eigenvalue weighted by Gasteiger charge is -2.22. The van der Waals surface area contributed by atoms with Crippen LogP contribution >= 0.6 is 0 Å². The van der Waals surface area contributed by atoms with Crippen molar-refractivity contribution in [3.05, 3.63) is 66.2 Å². The number of methoxy groups -OCH3 is 1. The summed E-state index contributed by atoms with van der Waals surface area (Å²) in [5.74, 6) is 0.858. The number of rotatable bonds is 3. The normalized spacial score (nSPS) is 11.6. The highest BCUT2D eigenvalue weighted by molar-refractivity contribution is 5.89. The Morgan fingerprint density at radius 3 is 2.27 bits per heavy atom. The molecule has 0 saturated carbocycles. The highest BCUT2D eigenvalue weighted by Gasteiger charge is 2.20. The third-order valence-corrected chi connectivity index (χ3v) is 3.94. The van der Waals surface area contributed by atoms with Crippen molar-refractivity contribution in [2.24, 2.45) is 0 Å². The summed E-state index contributed by atoms with van der Waals surface area (Å²) >= 11 is 0. The van der Waals surface area contributed by atoms with E-state index in [1.54, 1.807) is 7.11 Å². The van der Waals surface area contributed by atoms with E-state index >= 15 is 0 Å². The summed E-state index contributed by atoms with van der Waals surface area (Å²) in [5.41, 5.74) is 2.23. The van der Waals surface area contributed by atoms with E-state index in [1.165, 1.54) is 0 Å². The molecule has 3 aromatic carbocycles. The maximum absolute atomic E-state index is 10.4. The molecule has 2 heteroatoms. The van der Waals surface area contributed by atoms with Crippen LogP contribution in [0.3, 0.4) is 0 Å². The smallest absolute Gasteiger partial charge is 0.119 e. The number of ether oxygens (including phenoxy) is 1. The minimum Gasteiger partial charge on any atom is -0.497 e. The molecule has 0 spiro atoms. The maximum Gasteiger partial charge on any atom is 0.119 e. The molecule has 0 aliphatic rings. The average molecular weight is 292 g/mol. The topological polar surface area (TPSA) is 29.5 Å². The Bertz CT molecular complexity index is 813. The van der Waals surface area contributed by atoms with Gasteiger partial charge in [-0.05, 0) is 59.5 Å². The molecule has 22 heavy (non-hydrogen) atoms. The second-order valence-electron chi connectivity index (χ2n) is 6.03. The third-order valence-electron chi connectivity index (χ3n) is 3.94. The molecule has 0 unspecified atom stereocenters. The molecular weight excluding hydrogens is 272 g/mol. The first-order valence-electron chi connectivity index (χ1n) is 7.39. The summed E-state index contributed by atoms with van der Waals surface area (Å²) in [7, 11) is 1.68. The quantitative estimate of drug-likeness (QED) is 0.755. The van der Waals surface area contributed by atoms with Gasteiger partial charge in [-0.15, -0.1) is 0 Å². The number of hydrogen-bond acceptors (Lipinski definition) is 2. The first-order valence-corrected chi connectivity index (χ1v) is 7.39. The van der Waals surface area contributed by atoms with Crippen molar-refractivity contribution in [2.75, 3.05) is 7.11 Å². The second-order valence-corrected chi connectivity index (χ2v) is 6.03. The van der Waals surface area contributed by atoms with Crippen LogP contribution in [0.25, 0.3) is 21.9 Å². The van der Waals surface area contributed by atoms with Crippen LogP contribution < -0.4 is 4.74 Å². The van der Waals surface area contributed by atoms with Crippen LogP contribution in [-0.4, -0.2) is 12.2 Å². The average Bonchev–Trinajstić information content (AvgIpc) is 2.53. The molecule has 0 amide bonds. The Hall–Kier alpha value is -2.32. The zero-order chi connectivity index (χ0) is 15.7. The van der Waals surface area contributed by atoms with Gasteiger partial charge in [0.05, 0.1) is 12.7 Å². The molecule has 1 N–H and O–H groups in total. The summed E-state index contributed by atoms with van der Waals surface area (Å²) in [4.78, 5) is 0. The van der Waals surface area contributed by atoms with E-state index in [1.807, 2.05) is 44.2 Å². The molecule has 0 bridgehead atoms. The van der Waals surface area contributed by atoms with Crippen LogP contribution in [0.15, 0.2) is 60.7 Å². The summed E-state index contributed by atoms with van der Waals surface area (Å²) < 4.78 is 5.27. The highest BCUT2D eigenvalue weighted by atomic mass is 16.5. The number of hydrogen-bond donors (Lipinski definition) is 1. The molecule has 0 saturated heterocycles. The van der Waals surface area contributed by atoms with Gasteiger partial charge in [0.15, 0.2) is 0 Å². The minimum absolute atomic E-state index is 0.858. The van der Waals surface area contributed by atoms with Gasteiger partial charge in [0.2, 0.25) is 0 Å². The van der Waals surface area contributed by atoms with Crippen molar-refractivity contribution in [3.63, 3.8) is 0 Å². The van der Waals surface area contributed by atoms with Gasteiger partial charge in [-0.2, -0.15) is 0 Å². The van der Waals surface area contributed by atoms with Crippen LogP contribution in [0, 0.1) is 0 Å². The molecule has 0 aromatic heterocycles. The van der Waals surface area contributed by atoms with E-state index in [-0.39, 0.29) is 0 Å². The molecule has 3 rings (SSSR count). The fraction of sp³-hybridized carbons (Fsp3) is 0.200. The predicted octanol–water partition coefficient (Wildman–Crippen LogP) is 4.74. The van der Waals surface area contributed by atoms with E-state index in [0.717, 1.165) is 33.2 Å². The van der Waals surface area contributed by atoms with Gasteiger partial charge in [-0.1, -0.05) is 42.5 Å². The van der Waals surface area contributed by atoms with Crippen LogP contribution in [-0.2, 0) is 5.60 Å². The van der Waals surface area contributed by atoms with E-state index in [4.69, 9.17) is 4.74 Å². The van der Waals surface area contributed by atoms with Crippen LogP contribution in [0.4, 0.5) is 0 Å². The van der Waals surface area contributed by atoms with Crippen molar-refractivity contribution in [2.45, 2.75) is 19.4 Å². The second kappa shape index (κ2) is 5.47. The van der Waals surface area contributed by atoms with Crippen molar-refractivity contribution in [1.29, 1.82) is 0 Å². The third kappa shape index (κ3) is 2.70. The predicted molar refractivity (Wildman–Crippen MR) is 91.2 cm³/mol. The Morgan fingerprint density at radius 1 is 0.864 bits per heavy atom. The van der Waals surface area contributed by atoms with Gasteiger partial charge in [-0.3, -0.25) is 0 Å². The fourth-order valence-electron chi connectivity index (χ4n) is 2.79. The van der Waals surface area contributed by atoms with Crippen LogP contribution in [0.2, 0.25) is 0 Å². The molecule has 3 aromatic rings. The minimum atomic E-state index is -0.870. The van der Waals surface area contributed by atoms with E-state index in [0.29, 0.717) is 0 Å². The first-order chi connectivity index (χ1) is 10.5. The zero-order valence-electron chi connectivity index (χ0n) is 13.1. The van der Waals surface area contributed by atoms with Crippen LogP contribution in [0.5, 0.6) is 5.75 Å². The van der Waals surface area contributed by atoms with Crippen molar-refractivity contribution < 1.29 is 9.84 Å². The van der Waals surface area contributed by atoms with E-state index in [9.17, 15) is 5.11 Å². The molecule has 0 aliphatic heterocycles. The van der Waals surface area contributed by atoms with Gasteiger partial charge >= 0.3 is 0 Å². The Kier molecular flexibility index (Phi) is 3.63. The summed E-state index contributed by atoms with van der Waals surface area (Å²) in [5, 5.41) is 12.7. The Balaban J connectivity index is 2.15. The van der Waals surface area contributed by atoms with Gasteiger partial charge in [-0.25, -0.2) is 0 Å². The summed E-state index contributed by atoms with van der Waals surface area (Å²) in [6, 6.07) is 20.4. The highest BCUT2D eigenvalue weighted by Crippen LogP contribution is 2.33. The van der Waals surface area contributed by atoms with Gasteiger partial charge in [0, 0.05) is 0 Å². The number of benzene rings is 3. The molecule has 2 nitrogen and oxygen atoms in total. The van der Waals surface area contributed by atoms with E-state index in [2.05, 4.69) is 30.3 Å². The lowest BCUT2D eigenvalue weighted by Crippen LogP contribution is -2.16. The van der Waals surface area contributed by atoms with Gasteiger partial charge in [0.25, 0.3) is 0 Å². The molecule has 112 valence electrons. The zero-order valence-corrected chi connectivity index (χ0v) is 13.1. The largest absolute Gasteiger partial charge is 0.497 e. The van der Waals surface area contributed by atoms with Crippen molar-refractivity contribution in [3.8, 4) is 16.9 Å². The maximum atomic E-state index is 10.4. The molecule has 0 heterocycles. The van der Waals surface area contributed by atoms with Crippen molar-refractivity contribution in [1.82, 2.24) is 0 Å². The first kappa shape index (κ1) is 14.6. The monoisotopic (exact) mass is 292 g/mol. The molecule has 0 radical (unpaired) electrons. The molecule has 0 atom stereocenters. The standard InChI is InChI=1S/C20H20O2/c1-20(2,21)19-7-5-4-6-18(19)16-9-8-15-13-17(22-3)11-10-14(15)12-16/h4-13,21H,1-3H3. The van der Waals surface area contributed by atoms with E-state index < -0.39 is 5.60 Å². The lowest BCUT2D eigenvalue weighted by atomic mass is 9.89. The van der Waals surface area contributed by atoms with Gasteiger partial charge < -0.3 is 9.84 Å². The van der Waals surface area contributed by atoms with Crippen molar-refractivity contribution >= 4 is 10.8 Å². The molecule has 0 fully saturated rings. The summed E-state index contributed by atoms with van der Waals surface area (Å²) in [6.07, 6.45) is 0. The van der Waals surface area contributed by atoms with Gasteiger partial charge in [0.1, 0.15) is 5.75 Å². The number of aliphatic hydroxyl groups is 1. The molecule has 0 aliphatic carbocycles. The Morgan fingerprint density at radius 2 is 1.55 bits per heavy atom. The Labute approximate surface area is 131 Å². The number of fused-ring (bicyclic) bond motifs is 1.